The maximum Gasteiger partial charge on any atom is 0.113 e. The van der Waals surface area contributed by atoms with Gasteiger partial charge in [-0.05, 0) is 28.1 Å². The number of hydrogen-bond donors (Lipinski definition) is 0. The quantitative estimate of drug-likeness (QED) is 0.743. The summed E-state index contributed by atoms with van der Waals surface area (Å²) < 4.78 is 2.34. The number of benzene rings is 1. The molecule has 60 valence electrons. The van der Waals surface area contributed by atoms with Crippen molar-refractivity contribution in [2.24, 2.45) is 0 Å². The molecule has 0 radical (unpaired) electrons. The zero-order valence-electron chi connectivity index (χ0n) is 6.24. The van der Waals surface area contributed by atoms with Crippen LogP contribution in [0.5, 0.6) is 0 Å². The molecule has 0 aliphatic rings. The molecule has 0 unspecified atom stereocenters. The van der Waals surface area contributed by atoms with Gasteiger partial charge in [-0.2, -0.15) is 0 Å². The first-order chi connectivity index (χ1) is 5.79. The molecule has 0 atom stereocenters. The van der Waals surface area contributed by atoms with Gasteiger partial charge in [0.25, 0.3) is 0 Å². The molecular weight excluding hydrogens is 218 g/mol. The Morgan fingerprint density at radius 1 is 1.42 bits per heavy atom. The number of nitrogens with zero attached hydrogens (tertiary/aromatic N) is 3. The second kappa shape index (κ2) is 2.71. The van der Waals surface area contributed by atoms with Crippen LogP contribution in [0.1, 0.15) is 0 Å². The highest BCUT2D eigenvalue weighted by atomic mass is 79.9. The van der Waals surface area contributed by atoms with Crippen molar-refractivity contribution in [3.8, 4) is 0 Å². The van der Waals surface area contributed by atoms with Crippen LogP contribution in [0, 0.1) is 0 Å². The lowest BCUT2D eigenvalue weighted by Crippen LogP contribution is -1.91. The summed E-state index contributed by atoms with van der Waals surface area (Å²) in [5.41, 5.74) is 1.83. The highest BCUT2D eigenvalue weighted by molar-refractivity contribution is 9.14. The van der Waals surface area contributed by atoms with Gasteiger partial charge in [0.15, 0.2) is 0 Å². The van der Waals surface area contributed by atoms with Gasteiger partial charge in [-0.1, -0.05) is 23.9 Å². The van der Waals surface area contributed by atoms with Crippen molar-refractivity contribution >= 4 is 31.6 Å². The third-order valence-electron chi connectivity index (χ3n) is 1.58. The van der Waals surface area contributed by atoms with Gasteiger partial charge in [0.1, 0.15) is 10.1 Å². The largest absolute Gasteiger partial charge is 0.206 e. The van der Waals surface area contributed by atoms with Gasteiger partial charge in [-0.3, -0.25) is 0 Å². The van der Waals surface area contributed by atoms with Gasteiger partial charge < -0.3 is 0 Å². The zero-order valence-corrected chi connectivity index (χ0v) is 7.82. The minimum atomic E-state index is 0.691. The lowest BCUT2D eigenvalue weighted by atomic mass is 10.3. The molecule has 0 bridgehead atoms. The minimum absolute atomic E-state index is 0.691. The summed E-state index contributed by atoms with van der Waals surface area (Å²) in [6, 6.07) is 7.73. The van der Waals surface area contributed by atoms with E-state index in [9.17, 15) is 0 Å². The maximum absolute atomic E-state index is 3.96. The van der Waals surface area contributed by atoms with Crippen LogP contribution in [0.4, 0.5) is 0 Å². The fraction of sp³-hybridized carbons (Fsp3) is 0. The van der Waals surface area contributed by atoms with Gasteiger partial charge >= 0.3 is 0 Å². The van der Waals surface area contributed by atoms with E-state index < -0.39 is 0 Å². The average Bonchev–Trinajstić information content (AvgIpc) is 2.47. The van der Waals surface area contributed by atoms with E-state index in [0.29, 0.717) is 4.61 Å². The van der Waals surface area contributed by atoms with Crippen LogP contribution < -0.4 is 0 Å². The Balaban J connectivity index is 2.79. The molecule has 0 amide bonds. The van der Waals surface area contributed by atoms with E-state index in [0.717, 1.165) is 11.0 Å². The van der Waals surface area contributed by atoms with E-state index in [1.54, 1.807) is 4.68 Å². The first-order valence-electron chi connectivity index (χ1n) is 3.44. The first kappa shape index (κ1) is 7.49. The van der Waals surface area contributed by atoms with E-state index in [2.05, 4.69) is 32.8 Å². The second-order valence-corrected chi connectivity index (χ2v) is 3.28. The van der Waals surface area contributed by atoms with Crippen LogP contribution in [0.2, 0.25) is 0 Å². The lowest BCUT2D eigenvalue weighted by molar-refractivity contribution is 0.858. The highest BCUT2D eigenvalue weighted by Gasteiger charge is 2.02. The van der Waals surface area contributed by atoms with Crippen molar-refractivity contribution < 1.29 is 0 Å². The molecule has 4 heteroatoms. The summed E-state index contributed by atoms with van der Waals surface area (Å²) in [6.45, 7) is 3.72. The van der Waals surface area contributed by atoms with Gasteiger partial charge in [0.2, 0.25) is 0 Å². The first-order valence-corrected chi connectivity index (χ1v) is 4.23. The molecule has 12 heavy (non-hydrogen) atoms. The van der Waals surface area contributed by atoms with Gasteiger partial charge in [0.05, 0.1) is 5.52 Å². The summed E-state index contributed by atoms with van der Waals surface area (Å²) in [5, 5.41) is 7.88. The van der Waals surface area contributed by atoms with Crippen molar-refractivity contribution in [1.82, 2.24) is 15.0 Å². The molecule has 0 N–H and O–H groups in total. The molecule has 0 aliphatic carbocycles. The number of hydrogen-bond acceptors (Lipinski definition) is 2. The van der Waals surface area contributed by atoms with Gasteiger partial charge in [0, 0.05) is 0 Å². The second-order valence-electron chi connectivity index (χ2n) is 2.37. The van der Waals surface area contributed by atoms with Gasteiger partial charge in [-0.25, -0.2) is 4.68 Å². The zero-order chi connectivity index (χ0) is 8.55. The van der Waals surface area contributed by atoms with E-state index in [-0.39, 0.29) is 0 Å². The molecule has 0 fully saturated rings. The number of para-hydroxylation sites is 1. The summed E-state index contributed by atoms with van der Waals surface area (Å²) in [5.74, 6) is 0. The van der Waals surface area contributed by atoms with Crippen molar-refractivity contribution in [2.45, 2.75) is 0 Å². The van der Waals surface area contributed by atoms with E-state index in [1.165, 1.54) is 0 Å². The molecule has 2 aromatic rings. The molecule has 0 saturated carbocycles. The molecule has 0 spiro atoms. The normalized spacial score (nSPS) is 10.4. The molecule has 1 aromatic heterocycles. The van der Waals surface area contributed by atoms with Crippen LogP contribution in [-0.4, -0.2) is 15.0 Å². The van der Waals surface area contributed by atoms with E-state index >= 15 is 0 Å². The van der Waals surface area contributed by atoms with Crippen molar-refractivity contribution in [3.05, 3.63) is 30.8 Å². The van der Waals surface area contributed by atoms with Crippen LogP contribution >= 0.6 is 15.9 Å². The van der Waals surface area contributed by atoms with Crippen molar-refractivity contribution in [1.29, 1.82) is 0 Å². The third-order valence-corrected chi connectivity index (χ3v) is 1.92. The molecular formula is C8H6BrN3. The Morgan fingerprint density at radius 3 is 2.92 bits per heavy atom. The van der Waals surface area contributed by atoms with E-state index in [4.69, 9.17) is 0 Å². The predicted octanol–water partition coefficient (Wildman–Crippen LogP) is 2.25. The predicted molar refractivity (Wildman–Crippen MR) is 51.8 cm³/mol. The van der Waals surface area contributed by atoms with Crippen LogP contribution in [0.3, 0.4) is 0 Å². The molecule has 2 rings (SSSR count). The lowest BCUT2D eigenvalue weighted by Gasteiger charge is -1.95. The Labute approximate surface area is 77.8 Å². The monoisotopic (exact) mass is 223 g/mol. The Bertz CT molecular complexity index is 433. The summed E-state index contributed by atoms with van der Waals surface area (Å²) in [7, 11) is 0. The Hall–Kier alpha value is -1.16. The molecule has 0 saturated heterocycles. The number of aromatic nitrogens is 3. The van der Waals surface area contributed by atoms with Gasteiger partial charge in [-0.15, -0.1) is 5.10 Å². The molecule has 0 aliphatic heterocycles. The maximum atomic E-state index is 3.96. The number of fused-ring (bicyclic) bond motifs is 1. The molecule has 1 heterocycles. The third kappa shape index (κ3) is 1.04. The topological polar surface area (TPSA) is 30.7 Å². The standard InChI is InChI=1S/C8H6BrN3/c1-6(9)12-8-5-3-2-4-7(8)10-11-12/h2-5H,1H2. The minimum Gasteiger partial charge on any atom is -0.206 e. The molecule has 1 aromatic carbocycles. The van der Waals surface area contributed by atoms with E-state index in [1.807, 2.05) is 24.3 Å². The highest BCUT2D eigenvalue weighted by Crippen LogP contribution is 2.16. The summed E-state index contributed by atoms with van der Waals surface area (Å²) in [4.78, 5) is 0. The Morgan fingerprint density at radius 2 is 2.17 bits per heavy atom. The summed E-state index contributed by atoms with van der Waals surface area (Å²) in [6.07, 6.45) is 0. The molecule has 3 nitrogen and oxygen atoms in total. The fourth-order valence-corrected chi connectivity index (χ4v) is 1.31. The van der Waals surface area contributed by atoms with Crippen LogP contribution in [0.25, 0.3) is 15.6 Å². The fourth-order valence-electron chi connectivity index (χ4n) is 1.05. The average molecular weight is 224 g/mol. The summed E-state index contributed by atoms with van der Waals surface area (Å²) >= 11 is 3.25. The Kier molecular flexibility index (Phi) is 1.69. The van der Waals surface area contributed by atoms with Crippen LogP contribution in [0.15, 0.2) is 30.8 Å². The number of halogens is 1. The smallest absolute Gasteiger partial charge is 0.113 e. The number of rotatable bonds is 1. The SMILES string of the molecule is C=C(Br)n1nnc2ccccc21. The van der Waals surface area contributed by atoms with Crippen molar-refractivity contribution in [2.75, 3.05) is 0 Å². The van der Waals surface area contributed by atoms with Crippen molar-refractivity contribution in [3.63, 3.8) is 0 Å². The van der Waals surface area contributed by atoms with Crippen LogP contribution in [-0.2, 0) is 0 Å².